The zero-order valence-corrected chi connectivity index (χ0v) is 49.1. The molecule has 4 nitrogen and oxygen atoms in total. The van der Waals surface area contributed by atoms with E-state index in [-0.39, 0.29) is 22.0 Å². The topological polar surface area (TPSA) is 36.9 Å². The Bertz CT molecular complexity index is 4330. The van der Waals surface area contributed by atoms with E-state index in [4.69, 9.17) is 18.9 Å². The summed E-state index contributed by atoms with van der Waals surface area (Å²) in [6, 6.07) is 46.9. The van der Waals surface area contributed by atoms with E-state index in [9.17, 15) is 0 Å². The minimum Gasteiger partial charge on any atom is -0.496 e. The van der Waals surface area contributed by atoms with Gasteiger partial charge in [-0.3, -0.25) is 0 Å². The van der Waals surface area contributed by atoms with Crippen LogP contribution >= 0.6 is 23.5 Å². The average molecular weight is 1180 g/mol. The fourth-order valence-electron chi connectivity index (χ4n) is 15.7. The predicted octanol–water partition coefficient (Wildman–Crippen LogP) is 17.6. The molecule has 5 saturated carbocycles. The number of alkyl halides is 6. The zero-order valence-electron chi connectivity index (χ0n) is 47.5. The first-order chi connectivity index (χ1) is 40.9. The summed E-state index contributed by atoms with van der Waals surface area (Å²) in [5.74, 6) is 7.42. The number of ether oxygens (including phenoxy) is 4. The molecule has 15 rings (SSSR count). The molecule has 426 valence electrons. The Balaban J connectivity index is 0.775. The summed E-state index contributed by atoms with van der Waals surface area (Å²) in [5, 5.41) is 3.56. The molecule has 5 fully saturated rings. The fraction of sp³-hybridized carbons (Fsp3) is 0.288. The van der Waals surface area contributed by atoms with Gasteiger partial charge in [0.05, 0.1) is 14.2 Å². The first kappa shape index (κ1) is 55.4. The standard InChI is InChI=1S/C73H56F6O4S2/c1-43-61-63-64(70(76,77)73(78,79)69(63,74)75)62-44(2)66(85-72(62,83-6)71(61,82-5)84-65(43)50-17-11-8-12-18-50)51-29-31-52(32-30-51)68-40-48-37-49(41-68)39-67(38-48,42-68)36-35-47-25-23-46(24-26-47)28-34-56-54-20-14-21-57(80-3)59(54)55(33-27-45-15-9-7-10-16-45)53-19-13-22-58(81-4)60(53)56/h7-26,29-32,48-49H,37-42H2,1-6H3/t48-,49+,67?,68?,71?,72?. The molecule has 0 saturated heterocycles. The van der Waals surface area contributed by atoms with E-state index in [1.54, 1.807) is 51.5 Å². The summed E-state index contributed by atoms with van der Waals surface area (Å²) in [6.45, 7) is 3.05. The number of thioether (sulfide) groups is 2. The van der Waals surface area contributed by atoms with E-state index in [0.717, 1.165) is 117 Å². The van der Waals surface area contributed by atoms with Crippen LogP contribution < -0.4 is 9.47 Å². The molecule has 6 atom stereocenters. The lowest BCUT2D eigenvalue weighted by atomic mass is 9.43. The molecule has 4 unspecified atom stereocenters. The molecule has 6 aliphatic carbocycles. The van der Waals surface area contributed by atoms with Gasteiger partial charge >= 0.3 is 17.8 Å². The fourth-order valence-corrected chi connectivity index (χ4v) is 19.1. The minimum absolute atomic E-state index is 0.152. The molecule has 0 aromatic heterocycles. The molecule has 4 bridgehead atoms. The van der Waals surface area contributed by atoms with Crippen molar-refractivity contribution in [3.63, 3.8) is 0 Å². The Labute approximate surface area is 499 Å². The van der Waals surface area contributed by atoms with Crippen LogP contribution in [0.5, 0.6) is 11.5 Å². The molecule has 0 N–H and O–H groups in total. The summed E-state index contributed by atoms with van der Waals surface area (Å²) in [5.41, 5.74) is 3.02. The Morgan fingerprint density at radius 1 is 0.459 bits per heavy atom. The second-order valence-electron chi connectivity index (χ2n) is 23.7. The van der Waals surface area contributed by atoms with Gasteiger partial charge in [-0.05, 0) is 146 Å². The van der Waals surface area contributed by atoms with Gasteiger partial charge in [0.1, 0.15) is 11.5 Å². The highest BCUT2D eigenvalue weighted by molar-refractivity contribution is 8.14. The van der Waals surface area contributed by atoms with Crippen molar-refractivity contribution in [2.75, 3.05) is 28.4 Å². The number of methoxy groups -OCH3 is 4. The predicted molar refractivity (Wildman–Crippen MR) is 327 cm³/mol. The molecule has 12 heteroatoms. The van der Waals surface area contributed by atoms with Gasteiger partial charge in [-0.2, -0.15) is 26.3 Å². The SMILES string of the molecule is COc1cccc2c(C#Cc3ccc(C#CC45C[C@H]6C[C@@H](C4)CC(c4ccc(C7=C(C)C8=C9C(=C%10C(C)=C(c%11ccccc%11)SC%10(OC)C8(OC)S7)C(F)(F)C(F)(F)C9(F)F)cc4)(C6)C5)cc3)c3c(OC)cccc3c(C#Cc3ccccc3)c12. The average Bonchev–Trinajstić information content (AvgIpc) is 1.49. The second-order valence-corrected chi connectivity index (χ2v) is 26.0. The second kappa shape index (κ2) is 19.8. The molecule has 7 aromatic carbocycles. The normalized spacial score (nSPS) is 27.0. The van der Waals surface area contributed by atoms with Crippen LogP contribution in [0.25, 0.3) is 31.4 Å². The number of hydrogen-bond acceptors (Lipinski definition) is 6. The van der Waals surface area contributed by atoms with E-state index in [2.05, 4.69) is 59.8 Å². The summed E-state index contributed by atoms with van der Waals surface area (Å²) >= 11 is 2.10. The van der Waals surface area contributed by atoms with Crippen molar-refractivity contribution in [3.8, 4) is 47.0 Å². The third-order valence-corrected chi connectivity index (χ3v) is 22.5. The lowest BCUT2D eigenvalue weighted by Crippen LogP contribution is -2.56. The summed E-state index contributed by atoms with van der Waals surface area (Å²) in [7, 11) is 5.93. The lowest BCUT2D eigenvalue weighted by Gasteiger charge is -2.61. The Hall–Kier alpha value is -7.50. The Morgan fingerprint density at radius 2 is 0.906 bits per heavy atom. The van der Waals surface area contributed by atoms with Crippen molar-refractivity contribution >= 4 is 54.9 Å². The minimum atomic E-state index is -5.74. The van der Waals surface area contributed by atoms with Crippen molar-refractivity contribution in [2.45, 2.75) is 85.4 Å². The molecular weight excluding hydrogens is 1120 g/mol. The van der Waals surface area contributed by atoms with Crippen LogP contribution in [-0.2, 0) is 14.9 Å². The van der Waals surface area contributed by atoms with Gasteiger partial charge in [0.25, 0.3) is 0 Å². The number of halogens is 6. The molecule has 85 heavy (non-hydrogen) atoms. The van der Waals surface area contributed by atoms with Crippen LogP contribution in [0.1, 0.15) is 96.9 Å². The van der Waals surface area contributed by atoms with Crippen LogP contribution in [0.3, 0.4) is 0 Å². The first-order valence-electron chi connectivity index (χ1n) is 28.4. The van der Waals surface area contributed by atoms with E-state index in [0.29, 0.717) is 44.3 Å². The molecule has 2 aliphatic heterocycles. The summed E-state index contributed by atoms with van der Waals surface area (Å²) < 4.78 is 123. The molecule has 8 aliphatic rings. The highest BCUT2D eigenvalue weighted by atomic mass is 32.2. The van der Waals surface area contributed by atoms with Crippen LogP contribution in [0.15, 0.2) is 179 Å². The highest BCUT2D eigenvalue weighted by Crippen LogP contribution is 2.78. The quantitative estimate of drug-likeness (QED) is 0.0899. The molecule has 0 spiro atoms. The number of benzene rings is 7. The lowest BCUT2D eigenvalue weighted by molar-refractivity contribution is -0.258. The van der Waals surface area contributed by atoms with Gasteiger partial charge in [0, 0.05) is 101 Å². The van der Waals surface area contributed by atoms with Gasteiger partial charge in [-0.1, -0.05) is 156 Å². The first-order valence-corrected chi connectivity index (χ1v) is 30.1. The van der Waals surface area contributed by atoms with Gasteiger partial charge in [0.2, 0.25) is 0 Å². The van der Waals surface area contributed by atoms with Crippen molar-refractivity contribution in [3.05, 3.63) is 224 Å². The molecule has 7 aromatic rings. The smallest absolute Gasteiger partial charge is 0.380 e. The number of allylic oxidation sites excluding steroid dienone is 2. The van der Waals surface area contributed by atoms with E-state index < -0.39 is 49.9 Å². The van der Waals surface area contributed by atoms with Crippen LogP contribution in [0.4, 0.5) is 26.3 Å². The monoisotopic (exact) mass is 1170 g/mol. The molecule has 0 radical (unpaired) electrons. The van der Waals surface area contributed by atoms with Crippen LogP contribution in [-0.4, -0.2) is 56.1 Å². The molecular formula is C73H56F6O4S2. The molecule has 0 amide bonds. The van der Waals surface area contributed by atoms with Crippen LogP contribution in [0, 0.1) is 52.8 Å². The molecule has 2 heterocycles. The largest absolute Gasteiger partial charge is 0.496 e. The van der Waals surface area contributed by atoms with Crippen molar-refractivity contribution in [1.82, 2.24) is 0 Å². The maximum atomic E-state index is 16.6. The van der Waals surface area contributed by atoms with Gasteiger partial charge < -0.3 is 18.9 Å². The number of hydrogen-bond donors (Lipinski definition) is 0. The van der Waals surface area contributed by atoms with Crippen molar-refractivity contribution < 1.29 is 45.3 Å². The summed E-state index contributed by atoms with van der Waals surface area (Å²) in [4.78, 5) is -3.04. The van der Waals surface area contributed by atoms with Crippen LogP contribution in [0.2, 0.25) is 0 Å². The maximum absolute atomic E-state index is 16.6. The zero-order chi connectivity index (χ0) is 59.1. The maximum Gasteiger partial charge on any atom is 0.380 e. The van der Waals surface area contributed by atoms with Gasteiger partial charge in [-0.25, -0.2) is 0 Å². The van der Waals surface area contributed by atoms with E-state index in [1.807, 2.05) is 91.0 Å². The number of rotatable bonds is 7. The van der Waals surface area contributed by atoms with Crippen molar-refractivity contribution in [1.29, 1.82) is 0 Å². The third-order valence-electron chi connectivity index (χ3n) is 18.9. The van der Waals surface area contributed by atoms with Crippen molar-refractivity contribution in [2.24, 2.45) is 17.3 Å². The Morgan fingerprint density at radius 3 is 1.38 bits per heavy atom. The highest BCUT2D eigenvalue weighted by Gasteiger charge is 2.86. The third kappa shape index (κ3) is 7.92. The number of fused-ring (bicyclic) bond motifs is 6. The van der Waals surface area contributed by atoms with Gasteiger partial charge in [0.15, 0.2) is 9.87 Å². The Kier molecular flexibility index (Phi) is 12.9. The summed E-state index contributed by atoms with van der Waals surface area (Å²) in [6.07, 6.45) is 6.12. The van der Waals surface area contributed by atoms with E-state index in [1.165, 1.54) is 21.1 Å². The van der Waals surface area contributed by atoms with E-state index >= 15 is 26.3 Å². The van der Waals surface area contributed by atoms with Gasteiger partial charge in [-0.15, -0.1) is 0 Å².